The van der Waals surface area contributed by atoms with Gasteiger partial charge in [0.25, 0.3) is 0 Å². The number of nitrogens with zero attached hydrogens (tertiary/aromatic N) is 1. The molecule has 1 aliphatic rings. The third-order valence-electron chi connectivity index (χ3n) is 4.08. The molecule has 1 saturated heterocycles. The quantitative estimate of drug-likeness (QED) is 0.817. The van der Waals surface area contributed by atoms with Crippen LogP contribution in [-0.2, 0) is 4.79 Å². The zero-order chi connectivity index (χ0) is 13.7. The Morgan fingerprint density at radius 2 is 1.78 bits per heavy atom. The Morgan fingerprint density at radius 3 is 2.22 bits per heavy atom. The van der Waals surface area contributed by atoms with E-state index in [-0.39, 0.29) is 11.8 Å². The van der Waals surface area contributed by atoms with Crippen molar-refractivity contribution in [3.8, 4) is 0 Å². The summed E-state index contributed by atoms with van der Waals surface area (Å²) in [4.78, 5) is 14.2. The van der Waals surface area contributed by atoms with E-state index in [1.54, 1.807) is 0 Å². The second-order valence-electron chi connectivity index (χ2n) is 6.50. The lowest BCUT2D eigenvalue weighted by molar-refractivity contribution is -0.125. The molecule has 0 bridgehead atoms. The molecule has 0 aromatic rings. The van der Waals surface area contributed by atoms with Crippen molar-refractivity contribution in [1.82, 2.24) is 10.2 Å². The number of hydrogen-bond donors (Lipinski definition) is 1. The molecule has 1 fully saturated rings. The number of carbonyl (C=O) groups excluding carboxylic acids is 1. The standard InChI is InChI=1S/C15H30N2O/c1-11(2)14(16-15(18)12(3)4)10-13-6-8-17(5)9-7-13/h11-14H,6-10H2,1-5H3,(H,16,18). The molecule has 0 aliphatic carbocycles. The van der Waals surface area contributed by atoms with Crippen molar-refractivity contribution in [2.24, 2.45) is 17.8 Å². The lowest BCUT2D eigenvalue weighted by Crippen LogP contribution is -2.43. The Balaban J connectivity index is 2.45. The second kappa shape index (κ2) is 7.13. The van der Waals surface area contributed by atoms with Crippen LogP contribution in [0, 0.1) is 17.8 Å². The van der Waals surface area contributed by atoms with Crippen LogP contribution in [0.4, 0.5) is 0 Å². The van der Waals surface area contributed by atoms with E-state index < -0.39 is 0 Å². The normalized spacial score (nSPS) is 20.4. The van der Waals surface area contributed by atoms with Crippen molar-refractivity contribution in [2.75, 3.05) is 20.1 Å². The van der Waals surface area contributed by atoms with Crippen LogP contribution in [0.15, 0.2) is 0 Å². The Kier molecular flexibility index (Phi) is 6.13. The number of carbonyl (C=O) groups is 1. The molecule has 1 aliphatic heterocycles. The number of likely N-dealkylation sites (tertiary alicyclic amines) is 1. The first kappa shape index (κ1) is 15.5. The van der Waals surface area contributed by atoms with Gasteiger partial charge in [0.05, 0.1) is 0 Å². The van der Waals surface area contributed by atoms with Crippen molar-refractivity contribution < 1.29 is 4.79 Å². The summed E-state index contributed by atoms with van der Waals surface area (Å²) in [5.74, 6) is 1.58. The minimum Gasteiger partial charge on any atom is -0.353 e. The molecule has 0 spiro atoms. The van der Waals surface area contributed by atoms with Crippen LogP contribution in [-0.4, -0.2) is 37.0 Å². The highest BCUT2D eigenvalue weighted by molar-refractivity contribution is 5.78. The van der Waals surface area contributed by atoms with E-state index in [4.69, 9.17) is 0 Å². The fourth-order valence-corrected chi connectivity index (χ4v) is 2.50. The van der Waals surface area contributed by atoms with Gasteiger partial charge in [0, 0.05) is 12.0 Å². The van der Waals surface area contributed by atoms with Crippen LogP contribution in [0.2, 0.25) is 0 Å². The highest BCUT2D eigenvalue weighted by atomic mass is 16.1. The average Bonchev–Trinajstić information content (AvgIpc) is 2.30. The maximum atomic E-state index is 11.8. The predicted molar refractivity (Wildman–Crippen MR) is 76.4 cm³/mol. The molecule has 1 amide bonds. The first-order valence-corrected chi connectivity index (χ1v) is 7.39. The van der Waals surface area contributed by atoms with Gasteiger partial charge in [-0.2, -0.15) is 0 Å². The summed E-state index contributed by atoms with van der Waals surface area (Å²) in [6.45, 7) is 10.7. The van der Waals surface area contributed by atoms with Crippen molar-refractivity contribution in [3.05, 3.63) is 0 Å². The summed E-state index contributed by atoms with van der Waals surface area (Å²) in [6, 6.07) is 0.341. The van der Waals surface area contributed by atoms with E-state index >= 15 is 0 Å². The number of nitrogens with one attached hydrogen (secondary N) is 1. The van der Waals surface area contributed by atoms with Crippen molar-refractivity contribution in [3.63, 3.8) is 0 Å². The Hall–Kier alpha value is -0.570. The van der Waals surface area contributed by atoms with E-state index in [1.807, 2.05) is 13.8 Å². The molecular weight excluding hydrogens is 224 g/mol. The monoisotopic (exact) mass is 254 g/mol. The minimum absolute atomic E-state index is 0.0868. The van der Waals surface area contributed by atoms with E-state index in [1.165, 1.54) is 25.9 Å². The van der Waals surface area contributed by atoms with Gasteiger partial charge in [-0.05, 0) is 51.2 Å². The summed E-state index contributed by atoms with van der Waals surface area (Å²) in [5, 5.41) is 3.22. The summed E-state index contributed by atoms with van der Waals surface area (Å²) < 4.78 is 0. The first-order valence-electron chi connectivity index (χ1n) is 7.39. The molecule has 1 atom stereocenters. The number of rotatable bonds is 5. The van der Waals surface area contributed by atoms with Crippen molar-refractivity contribution in [1.29, 1.82) is 0 Å². The molecule has 0 aromatic carbocycles. The van der Waals surface area contributed by atoms with Crippen molar-refractivity contribution in [2.45, 2.75) is 53.0 Å². The lowest BCUT2D eigenvalue weighted by atomic mass is 9.86. The molecule has 0 aromatic heterocycles. The van der Waals surface area contributed by atoms with Gasteiger partial charge in [-0.3, -0.25) is 4.79 Å². The van der Waals surface area contributed by atoms with E-state index in [0.717, 1.165) is 12.3 Å². The van der Waals surface area contributed by atoms with Crippen LogP contribution < -0.4 is 5.32 Å². The van der Waals surface area contributed by atoms with Crippen molar-refractivity contribution >= 4 is 5.91 Å². The van der Waals surface area contributed by atoms with Crippen LogP contribution >= 0.6 is 0 Å². The molecule has 3 heteroatoms. The van der Waals surface area contributed by atoms with Gasteiger partial charge in [0.2, 0.25) is 5.91 Å². The summed E-state index contributed by atoms with van der Waals surface area (Å²) >= 11 is 0. The van der Waals surface area contributed by atoms with Crippen LogP contribution in [0.5, 0.6) is 0 Å². The second-order valence-corrected chi connectivity index (χ2v) is 6.50. The van der Waals surface area contributed by atoms with Gasteiger partial charge in [0.15, 0.2) is 0 Å². The van der Waals surface area contributed by atoms with Gasteiger partial charge in [-0.15, -0.1) is 0 Å². The molecule has 3 nitrogen and oxygen atoms in total. The largest absolute Gasteiger partial charge is 0.353 e. The predicted octanol–water partition coefficient (Wildman–Crippen LogP) is 2.52. The van der Waals surface area contributed by atoms with E-state index in [2.05, 4.69) is 31.1 Å². The molecule has 1 rings (SSSR count). The smallest absolute Gasteiger partial charge is 0.222 e. The van der Waals surface area contributed by atoms with Crippen LogP contribution in [0.25, 0.3) is 0 Å². The Labute approximate surface area is 112 Å². The fraction of sp³-hybridized carbons (Fsp3) is 0.933. The molecule has 1 N–H and O–H groups in total. The molecule has 106 valence electrons. The molecule has 0 radical (unpaired) electrons. The zero-order valence-electron chi connectivity index (χ0n) is 12.7. The summed E-state index contributed by atoms with van der Waals surface area (Å²) in [5.41, 5.74) is 0. The first-order chi connectivity index (χ1) is 8.40. The van der Waals surface area contributed by atoms with Crippen LogP contribution in [0.1, 0.15) is 47.0 Å². The summed E-state index contributed by atoms with van der Waals surface area (Å²) in [6.07, 6.45) is 3.69. The topological polar surface area (TPSA) is 32.3 Å². The van der Waals surface area contributed by atoms with Gasteiger partial charge in [0.1, 0.15) is 0 Å². The molecule has 1 heterocycles. The molecule has 18 heavy (non-hydrogen) atoms. The third-order valence-corrected chi connectivity index (χ3v) is 4.08. The lowest BCUT2D eigenvalue weighted by Gasteiger charge is -2.33. The number of hydrogen-bond acceptors (Lipinski definition) is 2. The van der Waals surface area contributed by atoms with Gasteiger partial charge in [-0.1, -0.05) is 27.7 Å². The Morgan fingerprint density at radius 1 is 1.22 bits per heavy atom. The Bertz CT molecular complexity index is 255. The third kappa shape index (κ3) is 4.97. The highest BCUT2D eigenvalue weighted by Gasteiger charge is 2.24. The number of piperidine rings is 1. The molecule has 1 unspecified atom stereocenters. The zero-order valence-corrected chi connectivity index (χ0v) is 12.7. The van der Waals surface area contributed by atoms with Gasteiger partial charge < -0.3 is 10.2 Å². The maximum Gasteiger partial charge on any atom is 0.222 e. The number of amides is 1. The van der Waals surface area contributed by atoms with E-state index in [9.17, 15) is 4.79 Å². The molecule has 0 saturated carbocycles. The fourth-order valence-electron chi connectivity index (χ4n) is 2.50. The van der Waals surface area contributed by atoms with Gasteiger partial charge in [-0.25, -0.2) is 0 Å². The van der Waals surface area contributed by atoms with Gasteiger partial charge >= 0.3 is 0 Å². The molecular formula is C15H30N2O. The summed E-state index contributed by atoms with van der Waals surface area (Å²) in [7, 11) is 2.19. The minimum atomic E-state index is 0.0868. The van der Waals surface area contributed by atoms with Crippen LogP contribution in [0.3, 0.4) is 0 Å². The van der Waals surface area contributed by atoms with E-state index in [0.29, 0.717) is 12.0 Å². The maximum absolute atomic E-state index is 11.8. The average molecular weight is 254 g/mol. The highest BCUT2D eigenvalue weighted by Crippen LogP contribution is 2.23. The SMILES string of the molecule is CC(C)C(=O)NC(CC1CCN(C)CC1)C(C)C.